The van der Waals surface area contributed by atoms with Crippen LogP contribution < -0.4 is 62.4 Å². The first-order chi connectivity index (χ1) is 60.8. The summed E-state index contributed by atoms with van der Waals surface area (Å²) in [6.45, 7) is 16.2. The minimum Gasteiger partial charge on any atom is -1.00 e. The molecule has 18 rings (SSSR count). The molecule has 2 aliphatic heterocycles. The standard InChI is InChI=1S/C23H23NO4.2C13H14N2O4.2C11H12N2O3.C11H14N2O.C11H10O4.2Al.2Li.8H/c1-14(12-25)19-10-16-8-15(2-4-18(16)24-19)9-22(26)23(6-7-23)17-3-5-20-21(11-17)28-13-27-20;2*1-3-19-13(16)8(2)12-7-9-6-10(15(17)18)4-5-11(9)14-12;2*1-7(6-14)11-5-8-4-9(13(15)16)2-3-10(8)12-11;1-7(6-14)11-5-8-4-9(12)2-3-10(8)13-11;12-10(13)11(3-4-11)7-1-2-8-9(5-7)15-6-14-8;;;;;;;;;;;;/h2-5,8,10-11,14,24-25H,6-7,9,12-13H2,1H3;2*4-8,14H,3H2,1-2H3;2*2-5,7,12,14H,6H2,1H3;2-5,7,13-14H,6,12H2,1H3;1-2,5H,3-4,6H2,(H,12,13);;;;;;;;;;;;/q;;;;;;;;;2*+1;;;;;;;2*-1. The van der Waals surface area contributed by atoms with Gasteiger partial charge in [0.05, 0.1) is 82.0 Å². The van der Waals surface area contributed by atoms with Gasteiger partial charge in [0, 0.05) is 179 Å². The Bertz CT molecular complexity index is 6220. The summed E-state index contributed by atoms with van der Waals surface area (Å²) in [5, 5.41) is 93.4. The van der Waals surface area contributed by atoms with Crippen LogP contribution in [0.4, 0.5) is 28.4 Å². The van der Waals surface area contributed by atoms with Crippen molar-refractivity contribution in [2.24, 2.45) is 0 Å². The Morgan fingerprint density at radius 3 is 0.985 bits per heavy atom. The molecule has 14 aromatic rings. The van der Waals surface area contributed by atoms with Crippen LogP contribution in [0.5, 0.6) is 23.0 Å². The van der Waals surface area contributed by atoms with Crippen molar-refractivity contribution in [1.82, 2.24) is 29.9 Å². The zero-order chi connectivity index (χ0) is 91.3. The number of anilines is 1. The van der Waals surface area contributed by atoms with Gasteiger partial charge in [-0.2, -0.15) is 0 Å². The van der Waals surface area contributed by atoms with Gasteiger partial charge in [-0.25, -0.2) is 0 Å². The monoisotopic (exact) mass is 1810 g/mol. The molecule has 0 spiro atoms. The number of hydrogen-bond acceptors (Lipinski definition) is 23. The number of carbonyl (C=O) groups is 4. The number of nitro groups is 4. The predicted molar refractivity (Wildman–Crippen MR) is 498 cm³/mol. The number of nitrogen functional groups attached to an aromatic ring is 1. The number of fused-ring (bicyclic) bond motifs is 8. The number of nitrogens with zero attached hydrogens (tertiary/aromatic N) is 4. The van der Waals surface area contributed by atoms with E-state index in [1.807, 2.05) is 100 Å². The first-order valence-electron chi connectivity index (χ1n) is 41.2. The summed E-state index contributed by atoms with van der Waals surface area (Å²) in [4.78, 5) is 107. The van der Waals surface area contributed by atoms with Crippen molar-refractivity contribution in [3.05, 3.63) is 273 Å². The van der Waals surface area contributed by atoms with Crippen LogP contribution in [0.15, 0.2) is 182 Å². The maximum atomic E-state index is 13.2. The molecule has 680 valence electrons. The van der Waals surface area contributed by atoms with Crippen molar-refractivity contribution in [2.75, 3.05) is 59.0 Å². The van der Waals surface area contributed by atoms with E-state index in [1.54, 1.807) is 76.2 Å². The minimum atomic E-state index is -0.749. The fourth-order valence-electron chi connectivity index (χ4n) is 14.6. The summed E-state index contributed by atoms with van der Waals surface area (Å²) in [7, 11) is 0. The van der Waals surface area contributed by atoms with E-state index in [4.69, 9.17) is 54.6 Å². The van der Waals surface area contributed by atoms with Crippen molar-refractivity contribution in [3.8, 4) is 23.0 Å². The number of aromatic nitrogens is 6. The Balaban J connectivity index is 0.000000240. The number of carbonyl (C=O) groups excluding carboxylic acids is 3. The van der Waals surface area contributed by atoms with Crippen molar-refractivity contribution in [3.63, 3.8) is 0 Å². The van der Waals surface area contributed by atoms with Crippen LogP contribution in [0.2, 0.25) is 0 Å². The van der Waals surface area contributed by atoms with Crippen molar-refractivity contribution in [1.29, 1.82) is 0 Å². The summed E-state index contributed by atoms with van der Waals surface area (Å²) in [5.41, 5.74) is 19.0. The molecule has 34 nitrogen and oxygen atoms in total. The maximum Gasteiger partial charge on any atom is 1.00 e. The summed E-state index contributed by atoms with van der Waals surface area (Å²) in [6.07, 6.45) is 3.61. The topological polar surface area (TPSA) is 518 Å². The number of carboxylic acids is 1. The van der Waals surface area contributed by atoms with E-state index in [0.717, 1.165) is 124 Å². The quantitative estimate of drug-likeness (QED) is 0.00882. The SMILES string of the molecule is CC(CO)c1cc2cc(CC(=O)C3(c4ccc5c(c4)OCO5)CC3)ccc2[nH]1.CC(CO)c1cc2cc(N)ccc2[nH]1.CC(CO)c1cc2cc([N+](=O)[O-])ccc2[nH]1.CC(CO)c1cc2cc([N+](=O)[O-])ccc2[nH]1.CCOC(=O)C(C)c1cc2cc([N+](=O)[O-])ccc2[nH]1.CCOC(=O)C(C)c1cc2cc([N+](=O)[O-])ccc2[nH]1.O=C(O)C1(c2ccc3c(c2)OCO3)CC1.[AlH3].[AlH3].[H-].[H-].[Li+].[Li+]. The van der Waals surface area contributed by atoms with Crippen LogP contribution in [-0.2, 0) is 45.9 Å². The summed E-state index contributed by atoms with van der Waals surface area (Å²) >= 11 is 0. The number of benzene rings is 8. The van der Waals surface area contributed by atoms with Gasteiger partial charge in [-0.05, 0) is 191 Å². The number of Topliss-reactive ketones (excluding diaryl/α,β-unsaturated/α-hetero) is 1. The Hall–Kier alpha value is -12.2. The molecule has 4 aliphatic rings. The third-order valence-electron chi connectivity index (χ3n) is 22.8. The number of non-ortho nitro benzene ring substituents is 4. The van der Waals surface area contributed by atoms with Crippen LogP contribution in [-0.4, -0.2) is 187 Å². The van der Waals surface area contributed by atoms with Crippen LogP contribution in [0.1, 0.15) is 170 Å². The molecular formula is C93H107Al2Li2N11O23. The average Bonchev–Trinajstić information content (AvgIpc) is 1.59. The normalized spacial score (nSPS) is 14.2. The van der Waals surface area contributed by atoms with E-state index in [9.17, 15) is 64.7 Å². The number of aliphatic hydroxyl groups excluding tert-OH is 4. The van der Waals surface area contributed by atoms with Crippen LogP contribution >= 0.6 is 0 Å². The van der Waals surface area contributed by atoms with Gasteiger partial charge >= 0.3 is 55.6 Å². The zero-order valence-electron chi connectivity index (χ0n) is 74.9. The molecule has 131 heavy (non-hydrogen) atoms. The second-order valence-corrected chi connectivity index (χ2v) is 31.7. The molecule has 8 heterocycles. The predicted octanol–water partition coefficient (Wildman–Crippen LogP) is 8.91. The van der Waals surface area contributed by atoms with Crippen LogP contribution in [0.3, 0.4) is 0 Å². The fraction of sp³-hybridized carbons (Fsp3) is 0.312. The van der Waals surface area contributed by atoms with Crippen molar-refractivity contribution < 1.29 is 133 Å². The third kappa shape index (κ3) is 24.9. The first-order valence-corrected chi connectivity index (χ1v) is 41.2. The number of H-pyrrole nitrogens is 6. The molecule has 6 atom stereocenters. The van der Waals surface area contributed by atoms with E-state index in [1.165, 1.54) is 48.5 Å². The number of aliphatic carboxylic acids is 1. The molecule has 0 amide bonds. The maximum absolute atomic E-state index is 13.2. The smallest absolute Gasteiger partial charge is 1.00 e. The Kier molecular flexibility index (Phi) is 36.6. The number of nitrogens with one attached hydrogen (secondary N) is 6. The molecule has 38 heteroatoms. The van der Waals surface area contributed by atoms with Gasteiger partial charge in [-0.3, -0.25) is 59.6 Å². The number of ether oxygens (including phenoxy) is 6. The number of rotatable bonds is 24. The molecule has 2 saturated carbocycles. The molecule has 13 N–H and O–H groups in total. The molecule has 2 fully saturated rings. The van der Waals surface area contributed by atoms with E-state index < -0.39 is 42.9 Å². The van der Waals surface area contributed by atoms with E-state index in [-0.39, 0.29) is 185 Å². The van der Waals surface area contributed by atoms with Crippen LogP contribution in [0, 0.1) is 40.5 Å². The number of nitro benzene ring substituents is 4. The number of nitrogens with two attached hydrogens (primary N) is 1. The Morgan fingerprint density at radius 1 is 0.397 bits per heavy atom. The number of ketones is 1. The Morgan fingerprint density at radius 2 is 0.679 bits per heavy atom. The van der Waals surface area contributed by atoms with Crippen molar-refractivity contribution >= 4 is 152 Å². The van der Waals surface area contributed by atoms with Crippen molar-refractivity contribution in [2.45, 2.75) is 134 Å². The zero-order valence-corrected chi connectivity index (χ0v) is 72.9. The fourth-order valence-corrected chi connectivity index (χ4v) is 14.6. The van der Waals surface area contributed by atoms with Gasteiger partial charge in [-0.15, -0.1) is 0 Å². The molecule has 6 aromatic heterocycles. The van der Waals surface area contributed by atoms with Gasteiger partial charge in [0.2, 0.25) is 13.6 Å². The first kappa shape index (κ1) is 104. The number of esters is 2. The van der Waals surface area contributed by atoms with Crippen LogP contribution in [0.25, 0.3) is 65.4 Å². The third-order valence-corrected chi connectivity index (χ3v) is 22.8. The second kappa shape index (κ2) is 46.0. The van der Waals surface area contributed by atoms with E-state index >= 15 is 0 Å². The number of carboxylic acid groups (broad SMARTS) is 1. The minimum absolute atomic E-state index is 0. The van der Waals surface area contributed by atoms with E-state index in [2.05, 4.69) is 42.0 Å². The average molecular weight is 1810 g/mol. The number of aliphatic hydroxyl groups is 4. The molecule has 8 aromatic carbocycles. The largest absolute Gasteiger partial charge is 1.00 e. The number of hydrogen-bond donors (Lipinski definition) is 12. The molecule has 6 unspecified atom stereocenters. The van der Waals surface area contributed by atoms with E-state index in [0.29, 0.717) is 66.1 Å². The summed E-state index contributed by atoms with van der Waals surface area (Å²) < 4.78 is 31.2. The van der Waals surface area contributed by atoms with Gasteiger partial charge in [0.15, 0.2) is 57.7 Å². The van der Waals surface area contributed by atoms with Gasteiger partial charge in [0.25, 0.3) is 22.7 Å². The molecular weight excluding hydrogens is 1710 g/mol. The summed E-state index contributed by atoms with van der Waals surface area (Å²) in [6, 6.07) is 52.8. The second-order valence-electron chi connectivity index (χ2n) is 31.7. The summed E-state index contributed by atoms with van der Waals surface area (Å²) in [5.74, 6) is 1.07. The number of aromatic amines is 6. The molecule has 0 bridgehead atoms. The van der Waals surface area contributed by atoms with Gasteiger partial charge < -0.3 is 92.4 Å². The van der Waals surface area contributed by atoms with Gasteiger partial charge in [0.1, 0.15) is 5.78 Å². The molecule has 2 aliphatic carbocycles. The van der Waals surface area contributed by atoms with Gasteiger partial charge in [-0.1, -0.05) is 45.9 Å². The molecule has 0 saturated heterocycles. The Labute approximate surface area is 799 Å². The molecule has 0 radical (unpaired) electrons.